The molecule has 0 saturated carbocycles. The second-order valence-electron chi connectivity index (χ2n) is 7.85. The lowest BCUT2D eigenvalue weighted by Crippen LogP contribution is -2.55. The number of nitrogens with one attached hydrogen (secondary N) is 1. The van der Waals surface area contributed by atoms with Crippen molar-refractivity contribution >= 4 is 11.7 Å². The van der Waals surface area contributed by atoms with E-state index >= 15 is 0 Å². The molecule has 0 aliphatic carbocycles. The van der Waals surface area contributed by atoms with Crippen LogP contribution in [0.5, 0.6) is 0 Å². The van der Waals surface area contributed by atoms with Gasteiger partial charge in [-0.25, -0.2) is 4.98 Å². The molecule has 27 heavy (non-hydrogen) atoms. The molecule has 3 aliphatic heterocycles. The number of likely N-dealkylation sites (tertiary alicyclic amines) is 1. The van der Waals surface area contributed by atoms with Crippen LogP contribution < -0.4 is 10.2 Å². The van der Waals surface area contributed by atoms with Crippen LogP contribution in [0.15, 0.2) is 24.4 Å². The Morgan fingerprint density at radius 1 is 1.22 bits per heavy atom. The molecule has 3 aliphatic rings. The zero-order valence-electron chi connectivity index (χ0n) is 16.1. The Bertz CT molecular complexity index is 600. The highest BCUT2D eigenvalue weighted by Gasteiger charge is 2.31. The predicted molar refractivity (Wildman–Crippen MR) is 105 cm³/mol. The summed E-state index contributed by atoms with van der Waals surface area (Å²) in [5.41, 5.74) is 0. The fourth-order valence-corrected chi connectivity index (χ4v) is 4.42. The number of aromatic nitrogens is 1. The highest BCUT2D eigenvalue weighted by molar-refractivity contribution is 5.82. The summed E-state index contributed by atoms with van der Waals surface area (Å²) < 4.78 is 5.46. The van der Waals surface area contributed by atoms with Gasteiger partial charge in [-0.2, -0.15) is 0 Å². The first kappa shape index (κ1) is 18.7. The normalized spacial score (nSPS) is 27.6. The largest absolute Gasteiger partial charge is 0.378 e. The van der Waals surface area contributed by atoms with Gasteiger partial charge < -0.3 is 19.9 Å². The fraction of sp³-hybridized carbons (Fsp3) is 0.700. The van der Waals surface area contributed by atoms with Crippen molar-refractivity contribution in [2.24, 2.45) is 5.92 Å². The third-order valence-electron chi connectivity index (χ3n) is 5.91. The monoisotopic (exact) mass is 373 g/mol. The van der Waals surface area contributed by atoms with Gasteiger partial charge in [-0.15, -0.1) is 0 Å². The second-order valence-corrected chi connectivity index (χ2v) is 7.85. The van der Waals surface area contributed by atoms with Crippen molar-refractivity contribution in [3.63, 3.8) is 0 Å². The van der Waals surface area contributed by atoms with Crippen LogP contribution in [-0.4, -0.2) is 92.3 Å². The number of piperidine rings is 1. The molecule has 4 rings (SSSR count). The van der Waals surface area contributed by atoms with Crippen molar-refractivity contribution in [3.8, 4) is 0 Å². The van der Waals surface area contributed by atoms with Crippen LogP contribution in [0.1, 0.15) is 12.8 Å². The van der Waals surface area contributed by atoms with Gasteiger partial charge in [0.25, 0.3) is 0 Å². The van der Waals surface area contributed by atoms with E-state index in [0.717, 1.165) is 64.6 Å². The third-order valence-corrected chi connectivity index (χ3v) is 5.91. The van der Waals surface area contributed by atoms with E-state index in [1.165, 1.54) is 6.42 Å². The minimum atomic E-state index is -0.153. The Kier molecular flexibility index (Phi) is 6.21. The standard InChI is InChI=1S/C20H31N5O2/c26-20(18-16-27-13-7-21-18)25-8-3-4-17(15-25)14-23-9-11-24(12-10-23)19-5-1-2-6-22-19/h1-2,5-6,17-18,21H,3-4,7-16H2/t17-,18-/m0/s1. The van der Waals surface area contributed by atoms with Gasteiger partial charge in [0.1, 0.15) is 11.9 Å². The van der Waals surface area contributed by atoms with Crippen LogP contribution in [0.4, 0.5) is 5.82 Å². The van der Waals surface area contributed by atoms with Crippen LogP contribution in [0.25, 0.3) is 0 Å². The molecule has 3 saturated heterocycles. The number of hydrogen-bond donors (Lipinski definition) is 1. The molecule has 0 unspecified atom stereocenters. The lowest BCUT2D eigenvalue weighted by Gasteiger charge is -2.40. The van der Waals surface area contributed by atoms with E-state index in [2.05, 4.69) is 37.1 Å². The predicted octanol–water partition coefficient (Wildman–Crippen LogP) is 0.431. The van der Waals surface area contributed by atoms with Crippen molar-refractivity contribution in [2.75, 3.05) is 70.5 Å². The number of nitrogens with zero attached hydrogens (tertiary/aromatic N) is 4. The maximum atomic E-state index is 12.7. The van der Waals surface area contributed by atoms with E-state index in [9.17, 15) is 4.79 Å². The average molecular weight is 374 g/mol. The number of ether oxygens (including phenoxy) is 1. The highest BCUT2D eigenvalue weighted by atomic mass is 16.5. The molecule has 1 aromatic rings. The average Bonchev–Trinajstić information content (AvgIpc) is 2.75. The molecule has 1 N–H and O–H groups in total. The number of carbonyl (C=O) groups is 1. The topological polar surface area (TPSA) is 60.9 Å². The molecule has 0 radical (unpaired) electrons. The van der Waals surface area contributed by atoms with Crippen LogP contribution in [0, 0.1) is 5.92 Å². The maximum absolute atomic E-state index is 12.7. The van der Waals surface area contributed by atoms with Crippen molar-refractivity contribution in [2.45, 2.75) is 18.9 Å². The van der Waals surface area contributed by atoms with E-state index < -0.39 is 0 Å². The second kappa shape index (κ2) is 8.99. The maximum Gasteiger partial charge on any atom is 0.242 e. The van der Waals surface area contributed by atoms with Gasteiger partial charge in [-0.05, 0) is 30.9 Å². The first-order chi connectivity index (χ1) is 13.3. The van der Waals surface area contributed by atoms with Gasteiger partial charge >= 0.3 is 0 Å². The molecule has 7 nitrogen and oxygen atoms in total. The third kappa shape index (κ3) is 4.78. The first-order valence-corrected chi connectivity index (χ1v) is 10.3. The summed E-state index contributed by atoms with van der Waals surface area (Å²) in [5.74, 6) is 1.88. The number of pyridine rings is 1. The lowest BCUT2D eigenvalue weighted by molar-refractivity contribution is -0.138. The summed E-state index contributed by atoms with van der Waals surface area (Å²) in [6.45, 7) is 9.04. The molecule has 1 aromatic heterocycles. The van der Waals surface area contributed by atoms with Gasteiger partial charge in [0.05, 0.1) is 13.2 Å². The highest BCUT2D eigenvalue weighted by Crippen LogP contribution is 2.20. The molecule has 3 fully saturated rings. The van der Waals surface area contributed by atoms with Crippen molar-refractivity contribution in [1.82, 2.24) is 20.1 Å². The van der Waals surface area contributed by atoms with Gasteiger partial charge in [-0.3, -0.25) is 9.69 Å². The SMILES string of the molecule is O=C([C@@H]1COCCN1)N1CCC[C@@H](CN2CCN(c3ccccn3)CC2)C1. The quantitative estimate of drug-likeness (QED) is 0.826. The van der Waals surface area contributed by atoms with E-state index in [1.54, 1.807) is 0 Å². The number of rotatable bonds is 4. The van der Waals surface area contributed by atoms with E-state index in [0.29, 0.717) is 19.1 Å². The van der Waals surface area contributed by atoms with Crippen LogP contribution in [0.2, 0.25) is 0 Å². The summed E-state index contributed by atoms with van der Waals surface area (Å²) in [4.78, 5) is 24.2. The Morgan fingerprint density at radius 2 is 2.11 bits per heavy atom. The Hall–Kier alpha value is -1.70. The van der Waals surface area contributed by atoms with Crippen LogP contribution >= 0.6 is 0 Å². The summed E-state index contributed by atoms with van der Waals surface area (Å²) in [7, 11) is 0. The number of amides is 1. The smallest absolute Gasteiger partial charge is 0.242 e. The summed E-state index contributed by atoms with van der Waals surface area (Å²) in [5, 5.41) is 3.29. The lowest BCUT2D eigenvalue weighted by atomic mass is 9.96. The molecule has 0 bridgehead atoms. The molecule has 0 aromatic carbocycles. The van der Waals surface area contributed by atoms with Crippen LogP contribution in [0.3, 0.4) is 0 Å². The number of morpholine rings is 1. The van der Waals surface area contributed by atoms with E-state index in [1.807, 2.05) is 12.3 Å². The number of anilines is 1. The van der Waals surface area contributed by atoms with Crippen LogP contribution in [-0.2, 0) is 9.53 Å². The fourth-order valence-electron chi connectivity index (χ4n) is 4.42. The minimum Gasteiger partial charge on any atom is -0.378 e. The molecular weight excluding hydrogens is 342 g/mol. The Morgan fingerprint density at radius 3 is 2.85 bits per heavy atom. The minimum absolute atomic E-state index is 0.153. The van der Waals surface area contributed by atoms with Gasteiger partial charge in [0.2, 0.25) is 5.91 Å². The zero-order valence-corrected chi connectivity index (χ0v) is 16.1. The van der Waals surface area contributed by atoms with Gasteiger partial charge in [0, 0.05) is 58.6 Å². The number of carbonyl (C=O) groups excluding carboxylic acids is 1. The Balaban J connectivity index is 1.24. The molecule has 0 spiro atoms. The molecule has 1 amide bonds. The number of hydrogen-bond acceptors (Lipinski definition) is 6. The Labute approximate surface area is 161 Å². The molecular formula is C20H31N5O2. The summed E-state index contributed by atoms with van der Waals surface area (Å²) in [6, 6.07) is 5.95. The van der Waals surface area contributed by atoms with E-state index in [4.69, 9.17) is 4.74 Å². The van der Waals surface area contributed by atoms with Gasteiger partial charge in [-0.1, -0.05) is 6.07 Å². The van der Waals surface area contributed by atoms with Crippen molar-refractivity contribution in [3.05, 3.63) is 24.4 Å². The molecule has 4 heterocycles. The zero-order chi connectivity index (χ0) is 18.5. The van der Waals surface area contributed by atoms with Crippen molar-refractivity contribution < 1.29 is 9.53 Å². The van der Waals surface area contributed by atoms with E-state index in [-0.39, 0.29) is 11.9 Å². The number of piperazine rings is 1. The summed E-state index contributed by atoms with van der Waals surface area (Å²) >= 11 is 0. The van der Waals surface area contributed by atoms with Crippen molar-refractivity contribution in [1.29, 1.82) is 0 Å². The van der Waals surface area contributed by atoms with Gasteiger partial charge in [0.15, 0.2) is 0 Å². The molecule has 2 atom stereocenters. The molecule has 7 heteroatoms. The summed E-state index contributed by atoms with van der Waals surface area (Å²) in [6.07, 6.45) is 4.19. The first-order valence-electron chi connectivity index (χ1n) is 10.3. The molecule has 148 valence electrons.